The summed E-state index contributed by atoms with van der Waals surface area (Å²) >= 11 is 0. The van der Waals surface area contributed by atoms with Gasteiger partial charge in [-0.2, -0.15) is 0 Å². The van der Waals surface area contributed by atoms with E-state index in [9.17, 15) is 43.2 Å². The highest BCUT2D eigenvalue weighted by atomic mass is 31.2. The molecule has 0 radical (unpaired) electrons. The fourth-order valence-corrected chi connectivity index (χ4v) is 15.6. The van der Waals surface area contributed by atoms with Crippen LogP contribution in [0.1, 0.15) is 479 Å². The van der Waals surface area contributed by atoms with Gasteiger partial charge in [-0.15, -0.1) is 0 Å². The summed E-state index contributed by atoms with van der Waals surface area (Å²) in [7, 11) is -9.93. The molecule has 17 nitrogen and oxygen atoms in total. The number of hydrogen-bond acceptors (Lipinski definition) is 15. The second kappa shape index (κ2) is 79.9. The Morgan fingerprint density at radius 2 is 0.468 bits per heavy atom. The van der Waals surface area contributed by atoms with Crippen molar-refractivity contribution < 1.29 is 80.2 Å². The van der Waals surface area contributed by atoms with E-state index in [0.717, 1.165) is 114 Å². The summed E-state index contributed by atoms with van der Waals surface area (Å²) in [6.45, 7) is 12.0. The number of carbonyl (C=O) groups excluding carboxylic acids is 4. The van der Waals surface area contributed by atoms with Crippen molar-refractivity contribution >= 4 is 39.5 Å². The highest BCUT2D eigenvalue weighted by Gasteiger charge is 2.31. The Balaban J connectivity index is 5.22. The average molecular weight is 1590 g/mol. The number of rotatable bonds is 88. The minimum Gasteiger partial charge on any atom is -0.462 e. The first-order valence-corrected chi connectivity index (χ1v) is 49.4. The zero-order valence-corrected chi connectivity index (χ0v) is 73.8. The second-order valence-corrected chi connectivity index (χ2v) is 36.4. The zero-order valence-electron chi connectivity index (χ0n) is 72.0. The van der Waals surface area contributed by atoms with Crippen molar-refractivity contribution in [3.8, 4) is 0 Å². The molecular weight excluding hydrogens is 1410 g/mol. The maximum Gasteiger partial charge on any atom is 0.472 e. The lowest BCUT2D eigenvalue weighted by molar-refractivity contribution is -0.161. The van der Waals surface area contributed by atoms with E-state index in [1.54, 1.807) is 0 Å². The molecule has 0 heterocycles. The Morgan fingerprint density at radius 3 is 0.697 bits per heavy atom. The molecule has 648 valence electrons. The van der Waals surface area contributed by atoms with E-state index in [4.69, 9.17) is 37.0 Å². The lowest BCUT2D eigenvalue weighted by atomic mass is 10.00. The lowest BCUT2D eigenvalue weighted by Gasteiger charge is -2.21. The van der Waals surface area contributed by atoms with Gasteiger partial charge >= 0.3 is 39.5 Å². The first-order chi connectivity index (χ1) is 52.8. The number of esters is 4. The molecule has 0 aliphatic carbocycles. The van der Waals surface area contributed by atoms with Crippen LogP contribution in [0.5, 0.6) is 0 Å². The largest absolute Gasteiger partial charge is 0.472 e. The van der Waals surface area contributed by atoms with Crippen molar-refractivity contribution in [2.24, 2.45) is 17.8 Å². The summed E-state index contributed by atoms with van der Waals surface area (Å²) in [5.41, 5.74) is 0. The molecule has 109 heavy (non-hydrogen) atoms. The van der Waals surface area contributed by atoms with Gasteiger partial charge in [-0.25, -0.2) is 9.13 Å². The summed E-state index contributed by atoms with van der Waals surface area (Å²) in [5.74, 6) is 0.273. The smallest absolute Gasteiger partial charge is 0.462 e. The van der Waals surface area contributed by atoms with Crippen LogP contribution >= 0.6 is 15.6 Å². The number of phosphoric acid groups is 2. The highest BCUT2D eigenvalue weighted by Crippen LogP contribution is 2.45. The standard InChI is InChI=1S/C90H176O17P2/c1-8-10-11-12-13-14-15-16-17-22-30-35-40-45-50-59-67-74-90(95)107-86(78-101-88(93)72-65-58-53-52-56-63-70-83(7)9-2)80-105-109(98,99)103-76-84(91)75-102-108(96,97)104-79-85(106-89(94)73-66-60-51-46-41-36-31-26-21-19-24-28-33-38-43-48-55-62-69-82(5)6)77-100-87(92)71-64-57-49-44-39-34-29-25-20-18-23-27-32-37-42-47-54-61-68-81(3)4/h81-86,91H,8-80H2,1-7H3,(H,96,97)(H,98,99)/t83?,84-,85-,86-/m1/s1. The molecule has 0 aromatic rings. The van der Waals surface area contributed by atoms with E-state index in [-0.39, 0.29) is 25.7 Å². The highest BCUT2D eigenvalue weighted by molar-refractivity contribution is 7.47. The Bertz CT molecular complexity index is 2100. The summed E-state index contributed by atoms with van der Waals surface area (Å²) < 4.78 is 69.0. The van der Waals surface area contributed by atoms with Gasteiger partial charge in [0.05, 0.1) is 26.4 Å². The minimum atomic E-state index is -4.97. The summed E-state index contributed by atoms with van der Waals surface area (Å²) in [4.78, 5) is 73.3. The van der Waals surface area contributed by atoms with Crippen molar-refractivity contribution in [3.05, 3.63) is 0 Å². The van der Waals surface area contributed by atoms with Crippen molar-refractivity contribution in [2.75, 3.05) is 39.6 Å². The first-order valence-electron chi connectivity index (χ1n) is 46.4. The van der Waals surface area contributed by atoms with Crippen LogP contribution in [0.15, 0.2) is 0 Å². The van der Waals surface area contributed by atoms with E-state index >= 15 is 0 Å². The Labute approximate surface area is 670 Å². The van der Waals surface area contributed by atoms with Gasteiger partial charge in [0.25, 0.3) is 0 Å². The predicted molar refractivity (Wildman–Crippen MR) is 451 cm³/mol. The van der Waals surface area contributed by atoms with Crippen molar-refractivity contribution in [2.45, 2.75) is 497 Å². The average Bonchev–Trinajstić information content (AvgIpc) is 0.906. The molecule has 0 bridgehead atoms. The normalized spacial score (nSPS) is 14.1. The Morgan fingerprint density at radius 1 is 0.266 bits per heavy atom. The number of unbranched alkanes of at least 4 members (excludes halogenated alkanes) is 55. The summed E-state index contributed by atoms with van der Waals surface area (Å²) in [5, 5.41) is 10.7. The SMILES string of the molecule is CCCCCCCCCCCCCCCCCCCC(=O)O[C@H](COC(=O)CCCCCCCCC(C)CC)COP(=O)(O)OC[C@H](O)COP(=O)(O)OC[C@@H](COC(=O)CCCCCCCCCCCCCCCCCCCCC(C)C)OC(=O)CCCCCCCCCCCCCCCCCCCCC(C)C. The Hall–Kier alpha value is -1.94. The number of hydrogen-bond donors (Lipinski definition) is 3. The molecule has 0 aliphatic heterocycles. The number of aliphatic hydroxyl groups is 1. The van der Waals surface area contributed by atoms with Crippen LogP contribution in [-0.4, -0.2) is 96.7 Å². The van der Waals surface area contributed by atoms with Crippen LogP contribution in [0.4, 0.5) is 0 Å². The van der Waals surface area contributed by atoms with Gasteiger partial charge in [0, 0.05) is 25.7 Å². The van der Waals surface area contributed by atoms with Gasteiger partial charge < -0.3 is 33.8 Å². The van der Waals surface area contributed by atoms with Crippen LogP contribution in [0.2, 0.25) is 0 Å². The van der Waals surface area contributed by atoms with Crippen molar-refractivity contribution in [3.63, 3.8) is 0 Å². The fourth-order valence-electron chi connectivity index (χ4n) is 14.0. The number of phosphoric ester groups is 2. The number of aliphatic hydroxyl groups excluding tert-OH is 1. The van der Waals surface area contributed by atoms with Crippen LogP contribution in [0.25, 0.3) is 0 Å². The maximum absolute atomic E-state index is 13.2. The molecule has 19 heteroatoms. The second-order valence-electron chi connectivity index (χ2n) is 33.5. The van der Waals surface area contributed by atoms with E-state index in [1.165, 1.54) is 283 Å². The summed E-state index contributed by atoms with van der Waals surface area (Å²) in [6, 6.07) is 0. The maximum atomic E-state index is 13.2. The Kier molecular flexibility index (Phi) is 78.5. The fraction of sp³-hybridized carbons (Fsp3) is 0.956. The molecule has 3 N–H and O–H groups in total. The number of ether oxygens (including phenoxy) is 4. The van der Waals surface area contributed by atoms with Crippen molar-refractivity contribution in [1.82, 2.24) is 0 Å². The third-order valence-corrected chi connectivity index (χ3v) is 23.4. The molecule has 0 saturated carbocycles. The van der Waals surface area contributed by atoms with Gasteiger partial charge in [0.1, 0.15) is 19.3 Å². The van der Waals surface area contributed by atoms with Crippen LogP contribution < -0.4 is 0 Å². The van der Waals surface area contributed by atoms with Crippen LogP contribution in [0, 0.1) is 17.8 Å². The molecule has 0 aromatic heterocycles. The monoisotopic (exact) mass is 1590 g/mol. The molecule has 0 fully saturated rings. The van der Waals surface area contributed by atoms with E-state index < -0.39 is 97.5 Å². The third-order valence-electron chi connectivity index (χ3n) is 21.5. The first kappa shape index (κ1) is 107. The summed E-state index contributed by atoms with van der Waals surface area (Å²) in [6.07, 6.45) is 72.4. The third kappa shape index (κ3) is 82.4. The zero-order chi connectivity index (χ0) is 80.0. The van der Waals surface area contributed by atoms with Gasteiger partial charge in [-0.1, -0.05) is 427 Å². The lowest BCUT2D eigenvalue weighted by Crippen LogP contribution is -2.30. The van der Waals surface area contributed by atoms with Gasteiger partial charge in [-0.05, 0) is 43.4 Å². The van der Waals surface area contributed by atoms with E-state index in [2.05, 4.69) is 48.5 Å². The van der Waals surface area contributed by atoms with E-state index in [0.29, 0.717) is 25.7 Å². The van der Waals surface area contributed by atoms with Crippen LogP contribution in [0.3, 0.4) is 0 Å². The molecule has 6 atom stereocenters. The quantitative estimate of drug-likeness (QED) is 0.0222. The molecule has 0 spiro atoms. The molecule has 0 amide bonds. The molecule has 3 unspecified atom stereocenters. The topological polar surface area (TPSA) is 237 Å². The molecule has 0 aromatic carbocycles. The predicted octanol–water partition coefficient (Wildman–Crippen LogP) is 27.6. The number of carbonyl (C=O) groups is 4. The van der Waals surface area contributed by atoms with Gasteiger partial charge in [0.15, 0.2) is 12.2 Å². The minimum absolute atomic E-state index is 0.108. The molecule has 0 rings (SSSR count). The van der Waals surface area contributed by atoms with Gasteiger partial charge in [0.2, 0.25) is 0 Å². The molecule has 0 saturated heterocycles. The van der Waals surface area contributed by atoms with E-state index in [1.807, 2.05) is 0 Å². The van der Waals surface area contributed by atoms with Crippen LogP contribution in [-0.2, 0) is 65.4 Å². The molecular formula is C90H176O17P2. The van der Waals surface area contributed by atoms with Gasteiger partial charge in [-0.3, -0.25) is 37.3 Å². The molecule has 0 aliphatic rings. The van der Waals surface area contributed by atoms with Crippen molar-refractivity contribution in [1.29, 1.82) is 0 Å².